The number of hydrogen-bond donors (Lipinski definition) is 1. The van der Waals surface area contributed by atoms with E-state index in [0.717, 1.165) is 11.1 Å². The average Bonchev–Trinajstić information content (AvgIpc) is 2.24. The molecular formula is C14H20F3N. The molecule has 0 spiro atoms. The van der Waals surface area contributed by atoms with Gasteiger partial charge in [0.25, 0.3) is 0 Å². The first kappa shape index (κ1) is 15.0. The predicted octanol–water partition coefficient (Wildman–Crippen LogP) is 4.30. The van der Waals surface area contributed by atoms with Gasteiger partial charge in [-0.3, -0.25) is 0 Å². The lowest BCUT2D eigenvalue weighted by Gasteiger charge is -2.19. The highest BCUT2D eigenvalue weighted by Gasteiger charge is 2.26. The van der Waals surface area contributed by atoms with Crippen LogP contribution in [0.1, 0.15) is 42.0 Å². The summed E-state index contributed by atoms with van der Waals surface area (Å²) in [6, 6.07) is 6.05. The third-order valence-electron chi connectivity index (χ3n) is 3.10. The first-order valence-corrected chi connectivity index (χ1v) is 6.14. The minimum absolute atomic E-state index is 0.00653. The van der Waals surface area contributed by atoms with Gasteiger partial charge in [0.05, 0.1) is 0 Å². The second-order valence-corrected chi connectivity index (χ2v) is 4.71. The zero-order valence-electron chi connectivity index (χ0n) is 11.1. The summed E-state index contributed by atoms with van der Waals surface area (Å²) in [6.45, 7) is 4.01. The van der Waals surface area contributed by atoms with E-state index in [1.165, 1.54) is 5.56 Å². The van der Waals surface area contributed by atoms with Crippen LogP contribution in [0.3, 0.4) is 0 Å². The molecule has 18 heavy (non-hydrogen) atoms. The standard InChI is InChI=1S/C14H20F3N/c1-10-6-7-12(11(2)9-10)13(18-3)5-4-8-14(15,16)17/h6-7,9,13,18H,4-5,8H2,1-3H3. The van der Waals surface area contributed by atoms with Crippen LogP contribution >= 0.6 is 0 Å². The topological polar surface area (TPSA) is 12.0 Å². The van der Waals surface area contributed by atoms with Gasteiger partial charge < -0.3 is 5.32 Å². The van der Waals surface area contributed by atoms with Crippen molar-refractivity contribution in [2.24, 2.45) is 0 Å². The summed E-state index contributed by atoms with van der Waals surface area (Å²) in [6.07, 6.45) is -4.11. The van der Waals surface area contributed by atoms with E-state index in [0.29, 0.717) is 6.42 Å². The fourth-order valence-corrected chi connectivity index (χ4v) is 2.18. The lowest BCUT2D eigenvalue weighted by molar-refractivity contribution is -0.135. The Morgan fingerprint density at radius 2 is 1.89 bits per heavy atom. The van der Waals surface area contributed by atoms with Gasteiger partial charge in [-0.05, 0) is 44.9 Å². The number of nitrogens with one attached hydrogen (secondary N) is 1. The van der Waals surface area contributed by atoms with E-state index in [9.17, 15) is 13.2 Å². The molecule has 4 heteroatoms. The van der Waals surface area contributed by atoms with Crippen LogP contribution in [0.5, 0.6) is 0 Å². The molecule has 0 bridgehead atoms. The number of aryl methyl sites for hydroxylation is 2. The lowest BCUT2D eigenvalue weighted by atomic mass is 9.95. The van der Waals surface area contributed by atoms with Crippen molar-refractivity contribution < 1.29 is 13.2 Å². The zero-order valence-corrected chi connectivity index (χ0v) is 11.1. The fraction of sp³-hybridized carbons (Fsp3) is 0.571. The Bertz CT molecular complexity index is 385. The summed E-state index contributed by atoms with van der Waals surface area (Å²) in [4.78, 5) is 0. The zero-order chi connectivity index (χ0) is 13.8. The molecule has 0 aliphatic heterocycles. The van der Waals surface area contributed by atoms with Gasteiger partial charge in [0, 0.05) is 12.5 Å². The number of benzene rings is 1. The first-order valence-electron chi connectivity index (χ1n) is 6.14. The van der Waals surface area contributed by atoms with E-state index in [2.05, 4.69) is 11.4 Å². The number of rotatable bonds is 5. The van der Waals surface area contributed by atoms with Gasteiger partial charge in [-0.2, -0.15) is 13.2 Å². The van der Waals surface area contributed by atoms with Crippen molar-refractivity contribution in [3.63, 3.8) is 0 Å². The van der Waals surface area contributed by atoms with Crippen LogP contribution in [0.2, 0.25) is 0 Å². The van der Waals surface area contributed by atoms with Gasteiger partial charge in [0.2, 0.25) is 0 Å². The van der Waals surface area contributed by atoms with Crippen molar-refractivity contribution in [2.75, 3.05) is 7.05 Å². The Labute approximate surface area is 106 Å². The third kappa shape index (κ3) is 4.69. The highest BCUT2D eigenvalue weighted by molar-refractivity contribution is 5.32. The molecule has 1 unspecified atom stereocenters. The summed E-state index contributed by atoms with van der Waals surface area (Å²) in [7, 11) is 1.79. The summed E-state index contributed by atoms with van der Waals surface area (Å²) in [5.41, 5.74) is 3.38. The van der Waals surface area contributed by atoms with E-state index < -0.39 is 12.6 Å². The van der Waals surface area contributed by atoms with Crippen molar-refractivity contribution >= 4 is 0 Å². The smallest absolute Gasteiger partial charge is 0.313 e. The molecule has 0 aliphatic carbocycles. The lowest BCUT2D eigenvalue weighted by Crippen LogP contribution is -2.18. The van der Waals surface area contributed by atoms with Crippen LogP contribution in [0, 0.1) is 13.8 Å². The van der Waals surface area contributed by atoms with Gasteiger partial charge in [-0.15, -0.1) is 0 Å². The molecule has 1 atom stereocenters. The van der Waals surface area contributed by atoms with Crippen LogP contribution in [0.25, 0.3) is 0 Å². The van der Waals surface area contributed by atoms with Crippen LogP contribution in [0.4, 0.5) is 13.2 Å². The number of halogens is 3. The molecule has 1 nitrogen and oxygen atoms in total. The second kappa shape index (κ2) is 6.23. The molecule has 102 valence electrons. The summed E-state index contributed by atoms with van der Waals surface area (Å²) >= 11 is 0. The van der Waals surface area contributed by atoms with Gasteiger partial charge >= 0.3 is 6.18 Å². The van der Waals surface area contributed by atoms with Crippen molar-refractivity contribution in [3.8, 4) is 0 Å². The normalized spacial score (nSPS) is 13.7. The maximum Gasteiger partial charge on any atom is 0.389 e. The van der Waals surface area contributed by atoms with E-state index >= 15 is 0 Å². The largest absolute Gasteiger partial charge is 0.389 e. The van der Waals surface area contributed by atoms with Gasteiger partial charge in [0.15, 0.2) is 0 Å². The Morgan fingerprint density at radius 1 is 1.22 bits per heavy atom. The molecule has 0 fully saturated rings. The van der Waals surface area contributed by atoms with E-state index in [1.807, 2.05) is 26.0 Å². The van der Waals surface area contributed by atoms with Crippen molar-refractivity contribution in [3.05, 3.63) is 34.9 Å². The molecule has 1 aromatic rings. The van der Waals surface area contributed by atoms with E-state index in [-0.39, 0.29) is 12.5 Å². The van der Waals surface area contributed by atoms with Crippen molar-refractivity contribution in [1.82, 2.24) is 5.32 Å². The van der Waals surface area contributed by atoms with Crippen LogP contribution < -0.4 is 5.32 Å². The van der Waals surface area contributed by atoms with Gasteiger partial charge in [-0.1, -0.05) is 23.8 Å². The molecule has 0 heterocycles. The Hall–Kier alpha value is -1.03. The average molecular weight is 259 g/mol. The molecule has 1 aromatic carbocycles. The van der Waals surface area contributed by atoms with E-state index in [4.69, 9.17) is 0 Å². The number of alkyl halides is 3. The molecule has 0 amide bonds. The second-order valence-electron chi connectivity index (χ2n) is 4.71. The molecule has 1 rings (SSSR count). The summed E-state index contributed by atoms with van der Waals surface area (Å²) < 4.78 is 36.4. The molecule has 0 saturated heterocycles. The van der Waals surface area contributed by atoms with Crippen molar-refractivity contribution in [1.29, 1.82) is 0 Å². The quantitative estimate of drug-likeness (QED) is 0.831. The van der Waals surface area contributed by atoms with Crippen molar-refractivity contribution in [2.45, 2.75) is 45.3 Å². The molecule has 1 N–H and O–H groups in total. The molecule has 0 aromatic heterocycles. The van der Waals surface area contributed by atoms with Gasteiger partial charge in [-0.25, -0.2) is 0 Å². The van der Waals surface area contributed by atoms with Crippen LogP contribution in [-0.4, -0.2) is 13.2 Å². The van der Waals surface area contributed by atoms with Gasteiger partial charge in [0.1, 0.15) is 0 Å². The maximum absolute atomic E-state index is 12.1. The fourth-order valence-electron chi connectivity index (χ4n) is 2.18. The Balaban J connectivity index is 2.66. The highest BCUT2D eigenvalue weighted by atomic mass is 19.4. The Kier molecular flexibility index (Phi) is 5.20. The monoisotopic (exact) mass is 259 g/mol. The number of hydrogen-bond acceptors (Lipinski definition) is 1. The minimum atomic E-state index is -4.05. The molecular weight excluding hydrogens is 239 g/mol. The minimum Gasteiger partial charge on any atom is -0.313 e. The third-order valence-corrected chi connectivity index (χ3v) is 3.10. The van der Waals surface area contributed by atoms with E-state index in [1.54, 1.807) is 7.05 Å². The first-order chi connectivity index (χ1) is 8.33. The Morgan fingerprint density at radius 3 is 2.39 bits per heavy atom. The summed E-state index contributed by atoms with van der Waals surface area (Å²) in [5.74, 6) is 0. The molecule has 0 saturated carbocycles. The highest BCUT2D eigenvalue weighted by Crippen LogP contribution is 2.27. The maximum atomic E-state index is 12.1. The predicted molar refractivity (Wildman–Crippen MR) is 67.6 cm³/mol. The van der Waals surface area contributed by atoms with Crippen LogP contribution in [0.15, 0.2) is 18.2 Å². The molecule has 0 radical (unpaired) electrons. The molecule has 0 aliphatic rings. The summed E-state index contributed by atoms with van der Waals surface area (Å²) in [5, 5.41) is 3.10. The van der Waals surface area contributed by atoms with Crippen LogP contribution in [-0.2, 0) is 0 Å². The SMILES string of the molecule is CNC(CCCC(F)(F)F)c1ccc(C)cc1C.